The van der Waals surface area contributed by atoms with E-state index in [-0.39, 0.29) is 11.9 Å². The quantitative estimate of drug-likeness (QED) is 0.892. The van der Waals surface area contributed by atoms with Gasteiger partial charge in [0.15, 0.2) is 0 Å². The number of carbonyl (C=O) groups excluding carboxylic acids is 1. The van der Waals surface area contributed by atoms with Crippen LogP contribution in [0.1, 0.15) is 32.0 Å². The van der Waals surface area contributed by atoms with Gasteiger partial charge in [0.05, 0.1) is 11.1 Å². The SMILES string of the molecule is Cc1cc(-c2ccc3c(c2)N(C2=CC(C)NC=C2)C(=O)C3(C)C)ccn1. The maximum Gasteiger partial charge on any atom is 0.241 e. The number of allylic oxidation sites excluding steroid dienone is 1. The number of aromatic nitrogens is 1. The summed E-state index contributed by atoms with van der Waals surface area (Å²) in [7, 11) is 0. The zero-order valence-corrected chi connectivity index (χ0v) is 15.6. The largest absolute Gasteiger partial charge is 0.385 e. The monoisotopic (exact) mass is 345 g/mol. The molecule has 3 heterocycles. The van der Waals surface area contributed by atoms with Crippen LogP contribution in [0.25, 0.3) is 11.1 Å². The number of carbonyl (C=O) groups is 1. The van der Waals surface area contributed by atoms with Gasteiger partial charge in [-0.1, -0.05) is 12.1 Å². The number of amides is 1. The van der Waals surface area contributed by atoms with E-state index < -0.39 is 5.41 Å². The molecule has 1 aromatic carbocycles. The number of nitrogens with zero attached hydrogens (tertiary/aromatic N) is 2. The Bertz CT molecular complexity index is 956. The first-order chi connectivity index (χ1) is 12.4. The van der Waals surface area contributed by atoms with E-state index in [9.17, 15) is 4.79 Å². The third-order valence-corrected chi connectivity index (χ3v) is 5.17. The molecule has 1 aromatic heterocycles. The number of pyridine rings is 1. The first-order valence-electron chi connectivity index (χ1n) is 8.94. The standard InChI is InChI=1S/C22H23N3O/c1-14-11-17(7-9-23-14)16-5-6-19-20(13-16)25(21(26)22(19,3)4)18-8-10-24-15(2)12-18/h5-13,15,24H,1-4H3. The molecule has 0 fully saturated rings. The van der Waals surface area contributed by atoms with E-state index in [0.717, 1.165) is 33.8 Å². The lowest BCUT2D eigenvalue weighted by Gasteiger charge is -2.25. The smallest absolute Gasteiger partial charge is 0.241 e. The number of hydrogen-bond donors (Lipinski definition) is 1. The van der Waals surface area contributed by atoms with Crippen molar-refractivity contribution in [2.45, 2.75) is 39.2 Å². The molecule has 1 unspecified atom stereocenters. The average Bonchev–Trinajstić information content (AvgIpc) is 2.81. The Hall–Kier alpha value is -2.88. The van der Waals surface area contributed by atoms with E-state index >= 15 is 0 Å². The molecule has 2 aromatic rings. The second-order valence-electron chi connectivity index (χ2n) is 7.56. The molecule has 4 rings (SSSR count). The van der Waals surface area contributed by atoms with Crippen LogP contribution < -0.4 is 10.2 Å². The molecule has 0 bridgehead atoms. The molecule has 0 radical (unpaired) electrons. The molecule has 0 spiro atoms. The Morgan fingerprint density at radius 1 is 1.15 bits per heavy atom. The summed E-state index contributed by atoms with van der Waals surface area (Å²) in [6.07, 6.45) is 7.79. The maximum absolute atomic E-state index is 13.2. The van der Waals surface area contributed by atoms with E-state index in [0.29, 0.717) is 0 Å². The highest BCUT2D eigenvalue weighted by Crippen LogP contribution is 2.45. The number of aryl methyl sites for hydroxylation is 1. The lowest BCUT2D eigenvalue weighted by molar-refractivity contribution is -0.121. The topological polar surface area (TPSA) is 45.2 Å². The van der Waals surface area contributed by atoms with Crippen LogP contribution >= 0.6 is 0 Å². The number of anilines is 1. The number of rotatable bonds is 2. The average molecular weight is 345 g/mol. The molecule has 0 saturated heterocycles. The van der Waals surface area contributed by atoms with Gasteiger partial charge < -0.3 is 5.32 Å². The maximum atomic E-state index is 13.2. The fraction of sp³-hybridized carbons (Fsp3) is 0.273. The Kier molecular flexibility index (Phi) is 3.72. The van der Waals surface area contributed by atoms with E-state index in [4.69, 9.17) is 0 Å². The summed E-state index contributed by atoms with van der Waals surface area (Å²) in [4.78, 5) is 19.4. The van der Waals surface area contributed by atoms with Gasteiger partial charge in [0, 0.05) is 23.6 Å². The van der Waals surface area contributed by atoms with Crippen LogP contribution in [-0.4, -0.2) is 16.9 Å². The zero-order valence-electron chi connectivity index (χ0n) is 15.6. The van der Waals surface area contributed by atoms with Crippen molar-refractivity contribution in [1.82, 2.24) is 10.3 Å². The predicted molar refractivity (Wildman–Crippen MR) is 105 cm³/mol. The first kappa shape index (κ1) is 16.6. The van der Waals surface area contributed by atoms with Crippen LogP contribution in [-0.2, 0) is 10.2 Å². The number of benzene rings is 1. The molecular formula is C22H23N3O. The van der Waals surface area contributed by atoms with E-state index in [1.165, 1.54) is 0 Å². The van der Waals surface area contributed by atoms with Crippen LogP contribution in [0.2, 0.25) is 0 Å². The van der Waals surface area contributed by atoms with Crippen molar-refractivity contribution in [2.75, 3.05) is 4.90 Å². The summed E-state index contributed by atoms with van der Waals surface area (Å²) < 4.78 is 0. The number of fused-ring (bicyclic) bond motifs is 1. The molecule has 1 atom stereocenters. The van der Waals surface area contributed by atoms with Crippen molar-refractivity contribution >= 4 is 11.6 Å². The second kappa shape index (κ2) is 5.84. The Labute approximate surface area is 154 Å². The van der Waals surface area contributed by atoms with Gasteiger partial charge in [-0.05, 0) is 80.9 Å². The molecular weight excluding hydrogens is 322 g/mol. The highest BCUT2D eigenvalue weighted by molar-refractivity contribution is 6.10. The van der Waals surface area contributed by atoms with E-state index in [2.05, 4.69) is 47.6 Å². The minimum Gasteiger partial charge on any atom is -0.385 e. The summed E-state index contributed by atoms with van der Waals surface area (Å²) in [5, 5.41) is 3.24. The van der Waals surface area contributed by atoms with Gasteiger partial charge in [-0.15, -0.1) is 0 Å². The lowest BCUT2D eigenvalue weighted by atomic mass is 9.85. The van der Waals surface area contributed by atoms with Crippen LogP contribution in [0.3, 0.4) is 0 Å². The van der Waals surface area contributed by atoms with E-state index in [1.807, 2.05) is 50.2 Å². The highest BCUT2D eigenvalue weighted by Gasteiger charge is 2.45. The van der Waals surface area contributed by atoms with Crippen molar-refractivity contribution in [3.05, 3.63) is 71.8 Å². The minimum absolute atomic E-state index is 0.112. The van der Waals surface area contributed by atoms with Gasteiger partial charge in [-0.2, -0.15) is 0 Å². The first-order valence-corrected chi connectivity index (χ1v) is 8.94. The molecule has 2 aliphatic rings. The Balaban J connectivity index is 1.87. The van der Waals surface area contributed by atoms with Crippen molar-refractivity contribution < 1.29 is 4.79 Å². The minimum atomic E-state index is -0.537. The summed E-state index contributed by atoms with van der Waals surface area (Å²) in [5.41, 5.74) is 5.61. The van der Waals surface area contributed by atoms with Crippen molar-refractivity contribution in [2.24, 2.45) is 0 Å². The molecule has 4 heteroatoms. The van der Waals surface area contributed by atoms with Gasteiger partial charge in [-0.3, -0.25) is 14.7 Å². The van der Waals surface area contributed by atoms with Crippen molar-refractivity contribution in [3.63, 3.8) is 0 Å². The molecule has 2 aliphatic heterocycles. The van der Waals surface area contributed by atoms with E-state index in [1.54, 1.807) is 0 Å². The van der Waals surface area contributed by atoms with Crippen molar-refractivity contribution in [1.29, 1.82) is 0 Å². The summed E-state index contributed by atoms with van der Waals surface area (Å²) in [6, 6.07) is 10.6. The zero-order chi connectivity index (χ0) is 18.5. The Morgan fingerprint density at radius 2 is 1.92 bits per heavy atom. The number of dihydropyridines is 1. The molecule has 0 saturated carbocycles. The van der Waals surface area contributed by atoms with Gasteiger partial charge in [0.2, 0.25) is 5.91 Å². The lowest BCUT2D eigenvalue weighted by Crippen LogP contribution is -2.37. The Morgan fingerprint density at radius 3 is 2.65 bits per heavy atom. The summed E-state index contributed by atoms with van der Waals surface area (Å²) in [6.45, 7) is 8.06. The molecule has 26 heavy (non-hydrogen) atoms. The van der Waals surface area contributed by atoms with Gasteiger partial charge in [-0.25, -0.2) is 0 Å². The van der Waals surface area contributed by atoms with Gasteiger partial charge in [0.1, 0.15) is 0 Å². The van der Waals surface area contributed by atoms with Crippen LogP contribution in [0.5, 0.6) is 0 Å². The number of hydrogen-bond acceptors (Lipinski definition) is 3. The summed E-state index contributed by atoms with van der Waals surface area (Å²) in [5.74, 6) is 0.112. The molecule has 1 N–H and O–H groups in total. The van der Waals surface area contributed by atoms with Crippen LogP contribution in [0, 0.1) is 6.92 Å². The number of nitrogens with one attached hydrogen (secondary N) is 1. The van der Waals surface area contributed by atoms with Crippen LogP contribution in [0.15, 0.2) is 60.6 Å². The normalized spacial score (nSPS) is 20.6. The predicted octanol–water partition coefficient (Wildman–Crippen LogP) is 4.07. The molecule has 0 aliphatic carbocycles. The van der Waals surface area contributed by atoms with Gasteiger partial charge >= 0.3 is 0 Å². The van der Waals surface area contributed by atoms with Crippen LogP contribution in [0.4, 0.5) is 5.69 Å². The third kappa shape index (κ3) is 2.53. The van der Waals surface area contributed by atoms with Crippen molar-refractivity contribution in [3.8, 4) is 11.1 Å². The fourth-order valence-corrected chi connectivity index (χ4v) is 3.70. The molecule has 4 nitrogen and oxygen atoms in total. The second-order valence-corrected chi connectivity index (χ2v) is 7.56. The molecule has 132 valence electrons. The highest BCUT2D eigenvalue weighted by atomic mass is 16.2. The van der Waals surface area contributed by atoms with Gasteiger partial charge in [0.25, 0.3) is 0 Å². The molecule has 1 amide bonds. The summed E-state index contributed by atoms with van der Waals surface area (Å²) >= 11 is 0. The third-order valence-electron chi connectivity index (χ3n) is 5.17. The fourth-order valence-electron chi connectivity index (χ4n) is 3.70.